The van der Waals surface area contributed by atoms with Gasteiger partial charge in [0.05, 0.1) is 33.0 Å². The molecule has 1 unspecified atom stereocenters. The van der Waals surface area contributed by atoms with Crippen LogP contribution in [0.4, 0.5) is 0 Å². The largest absolute Gasteiger partial charge is 0.304 e. The summed E-state index contributed by atoms with van der Waals surface area (Å²) in [7, 11) is 1.95. The molecule has 1 atom stereocenters. The minimum Gasteiger partial charge on any atom is -0.304 e. The van der Waals surface area contributed by atoms with Crippen LogP contribution in [-0.2, 0) is 7.05 Å². The van der Waals surface area contributed by atoms with Crippen molar-refractivity contribution in [3.05, 3.63) is 26.9 Å². The van der Waals surface area contributed by atoms with E-state index in [9.17, 15) is 0 Å². The summed E-state index contributed by atoms with van der Waals surface area (Å²) < 4.78 is 6.92. The van der Waals surface area contributed by atoms with E-state index in [0.717, 1.165) is 33.7 Å². The Morgan fingerprint density at radius 2 is 2.33 bits per heavy atom. The van der Waals surface area contributed by atoms with Gasteiger partial charge in [0, 0.05) is 7.05 Å². The summed E-state index contributed by atoms with van der Waals surface area (Å²) in [6.45, 7) is 5.09. The number of aromatic nitrogens is 4. The maximum Gasteiger partial charge on any atom is 0.0888 e. The molecule has 5 nitrogen and oxygen atoms in total. The van der Waals surface area contributed by atoms with Crippen LogP contribution < -0.4 is 5.32 Å². The van der Waals surface area contributed by atoms with Crippen LogP contribution in [0, 0.1) is 6.92 Å². The molecule has 0 aliphatic carbocycles. The topological polar surface area (TPSA) is 55.6 Å². The van der Waals surface area contributed by atoms with Gasteiger partial charge < -0.3 is 5.32 Å². The summed E-state index contributed by atoms with van der Waals surface area (Å²) in [6.07, 6.45) is 2.90. The third kappa shape index (κ3) is 2.62. The fraction of sp³-hybridized carbons (Fsp3) is 0.545. The Balaban J connectivity index is 2.40. The first-order chi connectivity index (χ1) is 8.65. The molecule has 0 saturated heterocycles. The Morgan fingerprint density at radius 3 is 2.83 bits per heavy atom. The van der Waals surface area contributed by atoms with Crippen molar-refractivity contribution >= 4 is 27.5 Å². The molecule has 7 heteroatoms. The zero-order chi connectivity index (χ0) is 13.1. The van der Waals surface area contributed by atoms with E-state index in [-0.39, 0.29) is 6.04 Å². The Morgan fingerprint density at radius 1 is 1.56 bits per heavy atom. The van der Waals surface area contributed by atoms with Crippen molar-refractivity contribution < 1.29 is 0 Å². The molecular formula is C11H16BrN5S. The van der Waals surface area contributed by atoms with Crippen LogP contribution in [0.3, 0.4) is 0 Å². The molecule has 0 saturated carbocycles. The minimum absolute atomic E-state index is 0.0897. The first-order valence-corrected chi connectivity index (χ1v) is 7.41. The fourth-order valence-electron chi connectivity index (χ4n) is 1.85. The molecule has 18 heavy (non-hydrogen) atoms. The lowest BCUT2D eigenvalue weighted by Gasteiger charge is -2.18. The zero-order valence-electron chi connectivity index (χ0n) is 10.6. The van der Waals surface area contributed by atoms with Gasteiger partial charge in [0.2, 0.25) is 0 Å². The predicted octanol–water partition coefficient (Wildman–Crippen LogP) is 2.43. The third-order valence-corrected chi connectivity index (χ3v) is 4.26. The maximum absolute atomic E-state index is 4.28. The van der Waals surface area contributed by atoms with Gasteiger partial charge in [-0.1, -0.05) is 11.4 Å². The molecule has 0 bridgehead atoms. The van der Waals surface area contributed by atoms with Crippen LogP contribution in [0.15, 0.2) is 10.7 Å². The van der Waals surface area contributed by atoms with E-state index in [4.69, 9.17) is 0 Å². The number of hydrogen-bond acceptors (Lipinski definition) is 5. The maximum atomic E-state index is 4.28. The average molecular weight is 330 g/mol. The standard InChI is InChI=1S/C11H16BrN5S/c1-4-5-13-9(11-7(2)15-16-18-11)10-8(12)6-14-17(10)3/h6,9,13H,4-5H2,1-3H3. The second-order valence-electron chi connectivity index (χ2n) is 4.11. The van der Waals surface area contributed by atoms with Gasteiger partial charge >= 0.3 is 0 Å². The molecular weight excluding hydrogens is 314 g/mol. The fourth-order valence-corrected chi connectivity index (χ4v) is 3.15. The number of rotatable bonds is 5. The van der Waals surface area contributed by atoms with Crippen LogP contribution in [0.5, 0.6) is 0 Å². The number of aryl methyl sites for hydroxylation is 2. The van der Waals surface area contributed by atoms with Crippen molar-refractivity contribution in [3.8, 4) is 0 Å². The summed E-state index contributed by atoms with van der Waals surface area (Å²) in [5.74, 6) is 0. The number of halogens is 1. The summed E-state index contributed by atoms with van der Waals surface area (Å²) >= 11 is 5.00. The van der Waals surface area contributed by atoms with Crippen molar-refractivity contribution in [3.63, 3.8) is 0 Å². The van der Waals surface area contributed by atoms with Gasteiger partial charge in [-0.2, -0.15) is 5.10 Å². The van der Waals surface area contributed by atoms with Gasteiger partial charge in [-0.15, -0.1) is 5.10 Å². The van der Waals surface area contributed by atoms with E-state index in [1.54, 1.807) is 0 Å². The van der Waals surface area contributed by atoms with Crippen molar-refractivity contribution in [1.82, 2.24) is 24.7 Å². The molecule has 0 aromatic carbocycles. The second kappa shape index (κ2) is 5.90. The zero-order valence-corrected chi connectivity index (χ0v) is 13.0. The Bertz CT molecular complexity index is 502. The van der Waals surface area contributed by atoms with Gasteiger partial charge in [0.25, 0.3) is 0 Å². The molecule has 0 aliphatic heterocycles. The van der Waals surface area contributed by atoms with Crippen LogP contribution in [0.1, 0.15) is 35.7 Å². The Labute approximate surface area is 119 Å². The van der Waals surface area contributed by atoms with Crippen molar-refractivity contribution in [2.75, 3.05) is 6.54 Å². The highest BCUT2D eigenvalue weighted by Gasteiger charge is 2.24. The van der Waals surface area contributed by atoms with Gasteiger partial charge in [-0.05, 0) is 47.4 Å². The lowest BCUT2D eigenvalue weighted by atomic mass is 10.1. The van der Waals surface area contributed by atoms with Gasteiger partial charge in [-0.3, -0.25) is 4.68 Å². The van der Waals surface area contributed by atoms with E-state index in [1.807, 2.05) is 24.9 Å². The van der Waals surface area contributed by atoms with Crippen molar-refractivity contribution in [2.45, 2.75) is 26.3 Å². The van der Waals surface area contributed by atoms with Crippen LogP contribution in [-0.4, -0.2) is 25.9 Å². The lowest BCUT2D eigenvalue weighted by molar-refractivity contribution is 0.555. The SMILES string of the molecule is CCCNC(c1snnc1C)c1c(Br)cnn1C. The molecule has 0 amide bonds. The monoisotopic (exact) mass is 329 g/mol. The summed E-state index contributed by atoms with van der Waals surface area (Å²) in [5, 5.41) is 11.9. The molecule has 2 aromatic heterocycles. The van der Waals surface area contributed by atoms with Gasteiger partial charge in [-0.25, -0.2) is 0 Å². The van der Waals surface area contributed by atoms with E-state index in [0.29, 0.717) is 0 Å². The third-order valence-electron chi connectivity index (χ3n) is 2.76. The van der Waals surface area contributed by atoms with E-state index < -0.39 is 0 Å². The molecule has 0 radical (unpaired) electrons. The van der Waals surface area contributed by atoms with E-state index >= 15 is 0 Å². The molecule has 2 aromatic rings. The minimum atomic E-state index is 0.0897. The number of nitrogens with zero attached hydrogens (tertiary/aromatic N) is 4. The second-order valence-corrected chi connectivity index (χ2v) is 5.75. The summed E-state index contributed by atoms with van der Waals surface area (Å²) in [5.41, 5.74) is 2.08. The van der Waals surface area contributed by atoms with Gasteiger partial charge in [0.15, 0.2) is 0 Å². The molecule has 0 aliphatic rings. The predicted molar refractivity (Wildman–Crippen MR) is 75.7 cm³/mol. The van der Waals surface area contributed by atoms with Crippen molar-refractivity contribution in [1.29, 1.82) is 0 Å². The first kappa shape index (κ1) is 13.6. The first-order valence-electron chi connectivity index (χ1n) is 5.84. The number of hydrogen-bond donors (Lipinski definition) is 1. The molecule has 0 spiro atoms. The molecule has 1 N–H and O–H groups in total. The number of nitrogens with one attached hydrogen (secondary N) is 1. The summed E-state index contributed by atoms with van der Waals surface area (Å²) in [6, 6.07) is 0.0897. The molecule has 2 rings (SSSR count). The van der Waals surface area contributed by atoms with Crippen LogP contribution in [0.2, 0.25) is 0 Å². The normalized spacial score (nSPS) is 12.9. The van der Waals surface area contributed by atoms with Crippen LogP contribution in [0.25, 0.3) is 0 Å². The lowest BCUT2D eigenvalue weighted by Crippen LogP contribution is -2.25. The Hall–Kier alpha value is -0.790. The smallest absolute Gasteiger partial charge is 0.0888 e. The highest BCUT2D eigenvalue weighted by atomic mass is 79.9. The summed E-state index contributed by atoms with van der Waals surface area (Å²) in [4.78, 5) is 1.15. The van der Waals surface area contributed by atoms with Gasteiger partial charge in [0.1, 0.15) is 0 Å². The van der Waals surface area contributed by atoms with Crippen molar-refractivity contribution in [2.24, 2.45) is 7.05 Å². The van der Waals surface area contributed by atoms with Crippen LogP contribution >= 0.6 is 27.5 Å². The molecule has 0 fully saturated rings. The molecule has 2 heterocycles. The molecule has 98 valence electrons. The highest BCUT2D eigenvalue weighted by Crippen LogP contribution is 2.31. The quantitative estimate of drug-likeness (QED) is 0.915. The Kier molecular flexibility index (Phi) is 4.47. The average Bonchev–Trinajstić information content (AvgIpc) is 2.90. The van der Waals surface area contributed by atoms with E-state index in [2.05, 4.69) is 42.9 Å². The van der Waals surface area contributed by atoms with E-state index in [1.165, 1.54) is 11.5 Å². The highest BCUT2D eigenvalue weighted by molar-refractivity contribution is 9.10.